The van der Waals surface area contributed by atoms with E-state index in [0.717, 1.165) is 42.6 Å². The van der Waals surface area contributed by atoms with Crippen molar-refractivity contribution in [3.63, 3.8) is 0 Å². The molecule has 0 N–H and O–H groups in total. The van der Waals surface area contributed by atoms with Crippen LogP contribution in [-0.4, -0.2) is 45.0 Å². The molecule has 2 bridgehead atoms. The van der Waals surface area contributed by atoms with E-state index in [4.69, 9.17) is 4.74 Å². The molecule has 0 saturated carbocycles. The van der Waals surface area contributed by atoms with E-state index < -0.39 is 0 Å². The van der Waals surface area contributed by atoms with Gasteiger partial charge >= 0.3 is 0 Å². The number of aromatic nitrogens is 3. The molecule has 2 unspecified atom stereocenters. The summed E-state index contributed by atoms with van der Waals surface area (Å²) in [4.78, 5) is 17.0. The van der Waals surface area contributed by atoms with Gasteiger partial charge in [-0.2, -0.15) is 15.0 Å². The standard InChI is InChI=1S/C18H22N4O2/c1-12-9-13(3-6-17(12)24-2)18(23)21-14-4-5-15(21)11-16(10-14)22-19-7-8-20-22/h3,6-9,14-16H,4-5,10-11H2,1-2H3. The van der Waals surface area contributed by atoms with Gasteiger partial charge in [0.1, 0.15) is 5.75 Å². The third kappa shape index (κ3) is 2.46. The average Bonchev–Trinajstić information content (AvgIpc) is 3.21. The average molecular weight is 326 g/mol. The number of amides is 1. The third-order valence-electron chi connectivity index (χ3n) is 5.35. The molecule has 2 atom stereocenters. The van der Waals surface area contributed by atoms with Crippen LogP contribution in [0, 0.1) is 6.92 Å². The Morgan fingerprint density at radius 2 is 1.79 bits per heavy atom. The Kier molecular flexibility index (Phi) is 3.75. The SMILES string of the molecule is COc1ccc(C(=O)N2C3CCC2CC(n2nccn2)C3)cc1C. The minimum Gasteiger partial charge on any atom is -0.496 e. The molecule has 3 heterocycles. The highest BCUT2D eigenvalue weighted by molar-refractivity contribution is 5.95. The van der Waals surface area contributed by atoms with E-state index in [2.05, 4.69) is 15.1 Å². The lowest BCUT2D eigenvalue weighted by Gasteiger charge is -2.38. The van der Waals surface area contributed by atoms with Gasteiger partial charge in [-0.15, -0.1) is 0 Å². The van der Waals surface area contributed by atoms with Crippen LogP contribution in [-0.2, 0) is 0 Å². The number of carbonyl (C=O) groups excluding carboxylic acids is 1. The number of rotatable bonds is 3. The molecule has 2 aromatic rings. The van der Waals surface area contributed by atoms with Gasteiger partial charge in [-0.05, 0) is 56.4 Å². The van der Waals surface area contributed by atoms with Gasteiger partial charge in [0.2, 0.25) is 0 Å². The topological polar surface area (TPSA) is 60.2 Å². The van der Waals surface area contributed by atoms with Crippen LogP contribution >= 0.6 is 0 Å². The fourth-order valence-corrected chi connectivity index (χ4v) is 4.24. The van der Waals surface area contributed by atoms with Crippen molar-refractivity contribution < 1.29 is 9.53 Å². The van der Waals surface area contributed by atoms with Gasteiger partial charge in [0.15, 0.2) is 0 Å². The molecule has 24 heavy (non-hydrogen) atoms. The molecule has 4 rings (SSSR count). The number of ether oxygens (including phenoxy) is 1. The summed E-state index contributed by atoms with van der Waals surface area (Å²) in [5, 5.41) is 8.57. The second-order valence-corrected chi connectivity index (χ2v) is 6.76. The minimum atomic E-state index is 0.139. The van der Waals surface area contributed by atoms with Crippen LogP contribution in [0.2, 0.25) is 0 Å². The maximum absolute atomic E-state index is 13.1. The molecule has 0 spiro atoms. The molecule has 126 valence electrons. The summed E-state index contributed by atoms with van der Waals surface area (Å²) in [7, 11) is 1.65. The van der Waals surface area contributed by atoms with E-state index in [-0.39, 0.29) is 18.0 Å². The van der Waals surface area contributed by atoms with E-state index in [0.29, 0.717) is 6.04 Å². The number of fused-ring (bicyclic) bond motifs is 2. The van der Waals surface area contributed by atoms with Crippen molar-refractivity contribution in [2.24, 2.45) is 0 Å². The predicted octanol–water partition coefficient (Wildman–Crippen LogP) is 2.60. The number of methoxy groups -OCH3 is 1. The number of hydrogen-bond donors (Lipinski definition) is 0. The molecule has 0 aliphatic carbocycles. The molecule has 2 saturated heterocycles. The zero-order valence-electron chi connectivity index (χ0n) is 14.1. The number of piperidine rings is 1. The molecule has 1 amide bonds. The first-order valence-corrected chi connectivity index (χ1v) is 8.50. The fourth-order valence-electron chi connectivity index (χ4n) is 4.24. The van der Waals surface area contributed by atoms with Gasteiger partial charge in [0.05, 0.1) is 25.5 Å². The first kappa shape index (κ1) is 15.2. The van der Waals surface area contributed by atoms with Crippen molar-refractivity contribution in [3.8, 4) is 5.75 Å². The maximum atomic E-state index is 13.1. The zero-order valence-corrected chi connectivity index (χ0v) is 14.1. The van der Waals surface area contributed by atoms with Crippen LogP contribution in [0.25, 0.3) is 0 Å². The Morgan fingerprint density at radius 1 is 1.12 bits per heavy atom. The first-order chi connectivity index (χ1) is 11.7. The van der Waals surface area contributed by atoms with Crippen LogP contribution in [0.15, 0.2) is 30.6 Å². The maximum Gasteiger partial charge on any atom is 0.254 e. The summed E-state index contributed by atoms with van der Waals surface area (Å²) in [6, 6.07) is 6.56. The first-order valence-electron chi connectivity index (χ1n) is 8.50. The smallest absolute Gasteiger partial charge is 0.254 e. The second-order valence-electron chi connectivity index (χ2n) is 6.76. The number of nitrogens with zero attached hydrogens (tertiary/aromatic N) is 4. The quantitative estimate of drug-likeness (QED) is 0.870. The molecular formula is C18H22N4O2. The highest BCUT2D eigenvalue weighted by atomic mass is 16.5. The van der Waals surface area contributed by atoms with Crippen LogP contribution in [0.1, 0.15) is 47.6 Å². The second kappa shape index (κ2) is 5.92. The van der Waals surface area contributed by atoms with Gasteiger partial charge in [-0.3, -0.25) is 4.79 Å². The largest absolute Gasteiger partial charge is 0.496 e. The molecule has 0 radical (unpaired) electrons. The van der Waals surface area contributed by atoms with E-state index in [1.54, 1.807) is 19.5 Å². The highest BCUT2D eigenvalue weighted by Crippen LogP contribution is 2.41. The Hall–Kier alpha value is -2.37. The minimum absolute atomic E-state index is 0.139. The van der Waals surface area contributed by atoms with Gasteiger partial charge in [0.25, 0.3) is 5.91 Å². The molecule has 2 fully saturated rings. The Morgan fingerprint density at radius 3 is 2.38 bits per heavy atom. The summed E-state index contributed by atoms with van der Waals surface area (Å²) in [6.45, 7) is 1.97. The van der Waals surface area contributed by atoms with Crippen molar-refractivity contribution in [1.29, 1.82) is 0 Å². The fraction of sp³-hybridized carbons (Fsp3) is 0.500. The molecule has 2 aliphatic heterocycles. The van der Waals surface area contributed by atoms with Gasteiger partial charge in [-0.25, -0.2) is 0 Å². The van der Waals surface area contributed by atoms with E-state index in [1.165, 1.54) is 0 Å². The van der Waals surface area contributed by atoms with E-state index in [9.17, 15) is 4.79 Å². The summed E-state index contributed by atoms with van der Waals surface area (Å²) in [5.41, 5.74) is 1.74. The van der Waals surface area contributed by atoms with Crippen LogP contribution in [0.5, 0.6) is 5.75 Å². The van der Waals surface area contributed by atoms with E-state index >= 15 is 0 Å². The molecular weight excluding hydrogens is 304 g/mol. The van der Waals surface area contributed by atoms with E-state index in [1.807, 2.05) is 29.9 Å². The van der Waals surface area contributed by atoms with Gasteiger partial charge < -0.3 is 9.64 Å². The molecule has 6 nitrogen and oxygen atoms in total. The van der Waals surface area contributed by atoms with Crippen LogP contribution in [0.4, 0.5) is 0 Å². The lowest BCUT2D eigenvalue weighted by molar-refractivity contribution is 0.0512. The lowest BCUT2D eigenvalue weighted by atomic mass is 9.96. The lowest BCUT2D eigenvalue weighted by Crippen LogP contribution is -2.47. The number of aryl methyl sites for hydroxylation is 1. The molecule has 1 aromatic carbocycles. The molecule has 6 heteroatoms. The van der Waals surface area contributed by atoms with Crippen molar-refractivity contribution in [2.45, 2.75) is 50.7 Å². The highest BCUT2D eigenvalue weighted by Gasteiger charge is 2.44. The van der Waals surface area contributed by atoms with Crippen molar-refractivity contribution in [3.05, 3.63) is 41.7 Å². The zero-order chi connectivity index (χ0) is 16.7. The Bertz CT molecular complexity index is 729. The number of carbonyl (C=O) groups is 1. The number of benzene rings is 1. The molecule has 1 aromatic heterocycles. The van der Waals surface area contributed by atoms with Crippen molar-refractivity contribution >= 4 is 5.91 Å². The molecule has 2 aliphatic rings. The predicted molar refractivity (Wildman–Crippen MR) is 89.0 cm³/mol. The van der Waals surface area contributed by atoms with Crippen molar-refractivity contribution in [2.75, 3.05) is 7.11 Å². The monoisotopic (exact) mass is 326 g/mol. The summed E-state index contributed by atoms with van der Waals surface area (Å²) in [5.74, 6) is 0.957. The van der Waals surface area contributed by atoms with Gasteiger partial charge in [-0.1, -0.05) is 0 Å². The normalized spacial score (nSPS) is 25.8. The Labute approximate surface area is 141 Å². The van der Waals surface area contributed by atoms with Crippen molar-refractivity contribution in [1.82, 2.24) is 19.9 Å². The van der Waals surface area contributed by atoms with Crippen LogP contribution < -0.4 is 4.74 Å². The Balaban J connectivity index is 1.55. The third-order valence-corrected chi connectivity index (χ3v) is 5.35. The van der Waals surface area contributed by atoms with Gasteiger partial charge in [0, 0.05) is 17.6 Å². The summed E-state index contributed by atoms with van der Waals surface area (Å²) >= 11 is 0. The summed E-state index contributed by atoms with van der Waals surface area (Å²) < 4.78 is 5.29. The number of hydrogen-bond acceptors (Lipinski definition) is 4. The summed E-state index contributed by atoms with van der Waals surface area (Å²) in [6.07, 6.45) is 7.46. The van der Waals surface area contributed by atoms with Crippen LogP contribution in [0.3, 0.4) is 0 Å².